The molecule has 1 rings (SSSR count). The average Bonchev–Trinajstić information content (AvgIpc) is 2.42. The third kappa shape index (κ3) is 6.44. The number of rotatable bonds is 6. The molecule has 0 saturated carbocycles. The molecule has 0 aliphatic heterocycles. The van der Waals surface area contributed by atoms with Crippen LogP contribution >= 0.6 is 0 Å². The summed E-state index contributed by atoms with van der Waals surface area (Å²) in [6, 6.07) is 2.44. The van der Waals surface area contributed by atoms with Gasteiger partial charge in [-0.15, -0.1) is 0 Å². The third-order valence-corrected chi connectivity index (χ3v) is 3.03. The van der Waals surface area contributed by atoms with Crippen molar-refractivity contribution in [2.24, 2.45) is 5.92 Å². The van der Waals surface area contributed by atoms with Gasteiger partial charge in [0.15, 0.2) is 0 Å². The lowest BCUT2D eigenvalue weighted by Crippen LogP contribution is -2.38. The SMILES string of the molecule is CC(=O)Nc1cc(C(=O)N(CC(=O)O)CC(C)C)cc(C(F)(F)F)c1. The van der Waals surface area contributed by atoms with Gasteiger partial charge in [0.25, 0.3) is 5.91 Å². The van der Waals surface area contributed by atoms with Crippen LogP contribution in [0.15, 0.2) is 18.2 Å². The van der Waals surface area contributed by atoms with E-state index in [9.17, 15) is 27.6 Å². The number of halogens is 3. The minimum atomic E-state index is -4.72. The molecule has 0 heterocycles. The summed E-state index contributed by atoms with van der Waals surface area (Å²) in [5.74, 6) is -2.80. The maximum Gasteiger partial charge on any atom is 0.416 e. The van der Waals surface area contributed by atoms with Crippen molar-refractivity contribution in [2.75, 3.05) is 18.4 Å². The molecule has 1 aromatic carbocycles. The number of carbonyl (C=O) groups is 3. The molecule has 0 aliphatic rings. The Morgan fingerprint density at radius 3 is 2.24 bits per heavy atom. The number of benzene rings is 1. The molecule has 0 bridgehead atoms. The zero-order chi connectivity index (χ0) is 19.4. The van der Waals surface area contributed by atoms with E-state index in [2.05, 4.69) is 5.32 Å². The van der Waals surface area contributed by atoms with E-state index in [-0.39, 0.29) is 23.7 Å². The van der Waals surface area contributed by atoms with Gasteiger partial charge in [0.2, 0.25) is 5.91 Å². The van der Waals surface area contributed by atoms with Crippen LogP contribution < -0.4 is 5.32 Å². The van der Waals surface area contributed by atoms with Gasteiger partial charge in [-0.05, 0) is 24.1 Å². The van der Waals surface area contributed by atoms with E-state index in [1.165, 1.54) is 0 Å². The van der Waals surface area contributed by atoms with Crippen molar-refractivity contribution in [3.05, 3.63) is 29.3 Å². The number of hydrogen-bond acceptors (Lipinski definition) is 3. The zero-order valence-electron chi connectivity index (χ0n) is 14.0. The Bertz CT molecular complexity index is 672. The van der Waals surface area contributed by atoms with Crippen LogP contribution in [0.3, 0.4) is 0 Å². The predicted octanol–water partition coefficient (Wildman–Crippen LogP) is 2.85. The first kappa shape index (κ1) is 20.5. The van der Waals surface area contributed by atoms with E-state index < -0.39 is 36.1 Å². The summed E-state index contributed by atoms with van der Waals surface area (Å²) in [6.45, 7) is 4.05. The number of carboxylic acid groups (broad SMARTS) is 1. The topological polar surface area (TPSA) is 86.7 Å². The number of aliphatic carboxylic acids is 1. The van der Waals surface area contributed by atoms with Crippen LogP contribution in [0, 0.1) is 5.92 Å². The van der Waals surface area contributed by atoms with Gasteiger partial charge in [-0.1, -0.05) is 13.8 Å². The number of nitrogens with zero attached hydrogens (tertiary/aromatic N) is 1. The highest BCUT2D eigenvalue weighted by Gasteiger charge is 2.32. The second kappa shape index (κ2) is 8.00. The summed E-state index contributed by atoms with van der Waals surface area (Å²) in [7, 11) is 0. The Morgan fingerprint density at radius 2 is 1.80 bits per heavy atom. The summed E-state index contributed by atoms with van der Waals surface area (Å²) in [5.41, 5.74) is -1.65. The summed E-state index contributed by atoms with van der Waals surface area (Å²) in [5, 5.41) is 11.1. The molecule has 0 unspecified atom stereocenters. The summed E-state index contributed by atoms with van der Waals surface area (Å²) in [6.07, 6.45) is -4.72. The van der Waals surface area contributed by atoms with E-state index in [1.807, 2.05) is 0 Å². The van der Waals surface area contributed by atoms with Crippen molar-refractivity contribution in [1.82, 2.24) is 4.90 Å². The second-order valence-electron chi connectivity index (χ2n) is 5.95. The summed E-state index contributed by atoms with van der Waals surface area (Å²) < 4.78 is 39.1. The number of alkyl halides is 3. The number of anilines is 1. The van der Waals surface area contributed by atoms with E-state index in [4.69, 9.17) is 5.11 Å². The molecule has 0 aromatic heterocycles. The third-order valence-electron chi connectivity index (χ3n) is 3.03. The lowest BCUT2D eigenvalue weighted by molar-refractivity contribution is -0.138. The Balaban J connectivity index is 3.33. The first-order valence-electron chi connectivity index (χ1n) is 7.41. The van der Waals surface area contributed by atoms with Gasteiger partial charge in [0, 0.05) is 24.7 Å². The second-order valence-corrected chi connectivity index (χ2v) is 5.95. The van der Waals surface area contributed by atoms with Crippen molar-refractivity contribution in [3.63, 3.8) is 0 Å². The van der Waals surface area contributed by atoms with Gasteiger partial charge in [0.1, 0.15) is 6.54 Å². The van der Waals surface area contributed by atoms with E-state index in [0.717, 1.165) is 17.9 Å². The van der Waals surface area contributed by atoms with Crippen molar-refractivity contribution >= 4 is 23.5 Å². The first-order chi connectivity index (χ1) is 11.4. The lowest BCUT2D eigenvalue weighted by atomic mass is 10.1. The summed E-state index contributed by atoms with van der Waals surface area (Å²) >= 11 is 0. The van der Waals surface area contributed by atoms with Crippen molar-refractivity contribution in [3.8, 4) is 0 Å². The molecule has 138 valence electrons. The predicted molar refractivity (Wildman–Crippen MR) is 84.1 cm³/mol. The molecule has 2 N–H and O–H groups in total. The van der Waals surface area contributed by atoms with Crippen molar-refractivity contribution in [2.45, 2.75) is 26.9 Å². The zero-order valence-corrected chi connectivity index (χ0v) is 14.0. The van der Waals surface area contributed by atoms with Gasteiger partial charge in [-0.3, -0.25) is 14.4 Å². The van der Waals surface area contributed by atoms with Crippen LogP contribution in [0.4, 0.5) is 18.9 Å². The Kier molecular flexibility index (Phi) is 6.55. The largest absolute Gasteiger partial charge is 0.480 e. The van der Waals surface area contributed by atoms with Crippen LogP contribution in [0.2, 0.25) is 0 Å². The molecule has 0 radical (unpaired) electrons. The van der Waals surface area contributed by atoms with Gasteiger partial charge < -0.3 is 15.3 Å². The molecule has 9 heteroatoms. The lowest BCUT2D eigenvalue weighted by Gasteiger charge is -2.23. The van der Waals surface area contributed by atoms with Crippen molar-refractivity contribution < 1.29 is 32.7 Å². The fourth-order valence-electron chi connectivity index (χ4n) is 2.20. The molecular formula is C16H19F3N2O4. The minimum Gasteiger partial charge on any atom is -0.480 e. The number of amides is 2. The van der Waals surface area contributed by atoms with Gasteiger partial charge >= 0.3 is 12.1 Å². The highest BCUT2D eigenvalue weighted by molar-refractivity contribution is 5.98. The maximum atomic E-state index is 13.0. The fourth-order valence-corrected chi connectivity index (χ4v) is 2.20. The highest BCUT2D eigenvalue weighted by Crippen LogP contribution is 2.32. The van der Waals surface area contributed by atoms with E-state index in [0.29, 0.717) is 12.1 Å². The Labute approximate surface area is 142 Å². The van der Waals surface area contributed by atoms with Crippen LogP contribution in [0.5, 0.6) is 0 Å². The molecule has 6 nitrogen and oxygen atoms in total. The van der Waals surface area contributed by atoms with Crippen LogP contribution in [0.1, 0.15) is 36.7 Å². The molecule has 0 atom stereocenters. The number of carbonyl (C=O) groups excluding carboxylic acids is 2. The standard InChI is InChI=1S/C16H19F3N2O4/c1-9(2)7-21(8-14(23)24)15(25)11-4-12(16(17,18)19)6-13(5-11)20-10(3)22/h4-6,9H,7-8H2,1-3H3,(H,20,22)(H,23,24). The monoisotopic (exact) mass is 360 g/mol. The Hall–Kier alpha value is -2.58. The van der Waals surface area contributed by atoms with Crippen LogP contribution in [0.25, 0.3) is 0 Å². The van der Waals surface area contributed by atoms with Crippen molar-refractivity contribution in [1.29, 1.82) is 0 Å². The number of hydrogen-bond donors (Lipinski definition) is 2. The van der Waals surface area contributed by atoms with Gasteiger partial charge in [-0.2, -0.15) is 13.2 Å². The first-order valence-corrected chi connectivity index (χ1v) is 7.41. The average molecular weight is 360 g/mol. The molecule has 0 fully saturated rings. The molecule has 0 saturated heterocycles. The van der Waals surface area contributed by atoms with E-state index in [1.54, 1.807) is 13.8 Å². The highest BCUT2D eigenvalue weighted by atomic mass is 19.4. The quantitative estimate of drug-likeness (QED) is 0.817. The van der Waals surface area contributed by atoms with E-state index >= 15 is 0 Å². The minimum absolute atomic E-state index is 0.0663. The number of carboxylic acids is 1. The normalized spacial score (nSPS) is 11.3. The molecule has 25 heavy (non-hydrogen) atoms. The van der Waals surface area contributed by atoms with Gasteiger partial charge in [-0.25, -0.2) is 0 Å². The molecule has 1 aromatic rings. The van der Waals surface area contributed by atoms with Gasteiger partial charge in [0.05, 0.1) is 5.56 Å². The Morgan fingerprint density at radius 1 is 1.20 bits per heavy atom. The molecule has 2 amide bonds. The molecular weight excluding hydrogens is 341 g/mol. The van der Waals surface area contributed by atoms with Crippen LogP contribution in [-0.4, -0.2) is 40.9 Å². The smallest absolute Gasteiger partial charge is 0.416 e. The molecule has 0 aliphatic carbocycles. The number of nitrogens with one attached hydrogen (secondary N) is 1. The summed E-state index contributed by atoms with van der Waals surface area (Å²) in [4.78, 5) is 35.5. The van der Waals surface area contributed by atoms with Crippen LogP contribution in [-0.2, 0) is 15.8 Å². The fraction of sp³-hybridized carbons (Fsp3) is 0.438. The maximum absolute atomic E-state index is 13.0. The molecule has 0 spiro atoms.